The summed E-state index contributed by atoms with van der Waals surface area (Å²) < 4.78 is 1.45. The number of rotatable bonds is 5. The SMILES string of the molecule is CCC1CN(Cc2ccn(Cc3cccc(Cl)c3)c(=O)c2O)CCN1C(=O)O. The number of hydrogen-bond acceptors (Lipinski definition) is 4. The van der Waals surface area contributed by atoms with Crippen molar-refractivity contribution in [2.45, 2.75) is 32.5 Å². The lowest BCUT2D eigenvalue weighted by Gasteiger charge is -2.39. The molecule has 0 aliphatic carbocycles. The molecule has 1 aromatic carbocycles. The maximum absolute atomic E-state index is 12.6. The fourth-order valence-corrected chi connectivity index (χ4v) is 3.80. The van der Waals surface area contributed by atoms with Crippen molar-refractivity contribution >= 4 is 17.7 Å². The predicted molar refractivity (Wildman–Crippen MR) is 107 cm³/mol. The topological polar surface area (TPSA) is 86.0 Å². The van der Waals surface area contributed by atoms with E-state index in [9.17, 15) is 19.8 Å². The van der Waals surface area contributed by atoms with Crippen molar-refractivity contribution in [1.29, 1.82) is 0 Å². The van der Waals surface area contributed by atoms with Crippen LogP contribution >= 0.6 is 11.6 Å². The summed E-state index contributed by atoms with van der Waals surface area (Å²) in [5.74, 6) is -0.266. The number of pyridine rings is 1. The standard InChI is InChI=1S/C20H24ClN3O4/c1-2-17-13-22(8-9-24(17)20(27)28)12-15-6-7-23(19(26)18(15)25)11-14-4-3-5-16(21)10-14/h3-7,10,17,25H,2,8-9,11-13H2,1H3,(H,27,28). The second kappa shape index (κ2) is 8.67. The van der Waals surface area contributed by atoms with E-state index in [0.717, 1.165) is 12.0 Å². The van der Waals surface area contributed by atoms with Crippen LogP contribution < -0.4 is 5.56 Å². The highest BCUT2D eigenvalue weighted by Crippen LogP contribution is 2.19. The summed E-state index contributed by atoms with van der Waals surface area (Å²) >= 11 is 5.99. The molecule has 1 unspecified atom stereocenters. The molecule has 3 rings (SSSR count). The molecule has 1 aliphatic heterocycles. The maximum atomic E-state index is 12.6. The second-order valence-electron chi connectivity index (χ2n) is 7.03. The van der Waals surface area contributed by atoms with Gasteiger partial charge in [-0.1, -0.05) is 30.7 Å². The Morgan fingerprint density at radius 1 is 1.25 bits per heavy atom. The summed E-state index contributed by atoms with van der Waals surface area (Å²) in [4.78, 5) is 27.4. The average molecular weight is 406 g/mol. The van der Waals surface area contributed by atoms with E-state index in [2.05, 4.69) is 4.90 Å². The Morgan fingerprint density at radius 3 is 2.71 bits per heavy atom. The van der Waals surface area contributed by atoms with Gasteiger partial charge in [-0.25, -0.2) is 4.79 Å². The molecule has 1 saturated heterocycles. The van der Waals surface area contributed by atoms with Crippen LogP contribution in [0.1, 0.15) is 24.5 Å². The third-order valence-electron chi connectivity index (χ3n) is 5.14. The number of piperazine rings is 1. The highest BCUT2D eigenvalue weighted by molar-refractivity contribution is 6.30. The summed E-state index contributed by atoms with van der Waals surface area (Å²) in [6.45, 7) is 4.24. The number of halogens is 1. The summed E-state index contributed by atoms with van der Waals surface area (Å²) in [5, 5.41) is 20.3. The van der Waals surface area contributed by atoms with Crippen LogP contribution in [0.2, 0.25) is 5.02 Å². The minimum absolute atomic E-state index is 0.0865. The smallest absolute Gasteiger partial charge is 0.407 e. The molecule has 8 heteroatoms. The highest BCUT2D eigenvalue weighted by Gasteiger charge is 2.29. The maximum Gasteiger partial charge on any atom is 0.407 e. The molecule has 2 aromatic rings. The third-order valence-corrected chi connectivity index (χ3v) is 5.38. The molecule has 7 nitrogen and oxygen atoms in total. The van der Waals surface area contributed by atoms with Crippen LogP contribution in [0.4, 0.5) is 4.79 Å². The molecule has 1 atom stereocenters. The zero-order valence-corrected chi connectivity index (χ0v) is 16.5. The second-order valence-corrected chi connectivity index (χ2v) is 7.46. The van der Waals surface area contributed by atoms with E-state index in [0.29, 0.717) is 43.3 Å². The molecule has 1 amide bonds. The Bertz CT molecular complexity index is 915. The Morgan fingerprint density at radius 2 is 2.04 bits per heavy atom. The van der Waals surface area contributed by atoms with E-state index in [4.69, 9.17) is 11.6 Å². The quantitative estimate of drug-likeness (QED) is 0.798. The van der Waals surface area contributed by atoms with Crippen molar-refractivity contribution < 1.29 is 15.0 Å². The number of nitrogens with zero attached hydrogens (tertiary/aromatic N) is 3. The lowest BCUT2D eigenvalue weighted by atomic mass is 10.1. The Kier molecular flexibility index (Phi) is 6.26. The third kappa shape index (κ3) is 4.48. The largest absolute Gasteiger partial charge is 0.503 e. The molecular formula is C20H24ClN3O4. The summed E-state index contributed by atoms with van der Waals surface area (Å²) in [6, 6.07) is 8.89. The lowest BCUT2D eigenvalue weighted by Crippen LogP contribution is -2.54. The number of amides is 1. The molecule has 2 heterocycles. The van der Waals surface area contributed by atoms with Crippen molar-refractivity contribution in [3.63, 3.8) is 0 Å². The molecule has 0 radical (unpaired) electrons. The van der Waals surface area contributed by atoms with E-state index in [1.165, 1.54) is 9.47 Å². The number of benzene rings is 1. The molecule has 150 valence electrons. The molecule has 1 aromatic heterocycles. The Hall–Kier alpha value is -2.51. The first kappa shape index (κ1) is 20.2. The Labute approximate surface area is 168 Å². The van der Waals surface area contributed by atoms with Crippen LogP contribution in [0.5, 0.6) is 5.75 Å². The first-order valence-electron chi connectivity index (χ1n) is 9.26. The van der Waals surface area contributed by atoms with Gasteiger partial charge in [0.25, 0.3) is 5.56 Å². The average Bonchev–Trinajstić information content (AvgIpc) is 2.67. The van der Waals surface area contributed by atoms with E-state index in [-0.39, 0.29) is 11.8 Å². The molecule has 0 saturated carbocycles. The number of aromatic hydroxyl groups is 1. The molecule has 28 heavy (non-hydrogen) atoms. The minimum atomic E-state index is -0.905. The normalized spacial score (nSPS) is 17.6. The van der Waals surface area contributed by atoms with Crippen LogP contribution in [0.3, 0.4) is 0 Å². The Balaban J connectivity index is 1.73. The first-order chi connectivity index (χ1) is 13.4. The van der Waals surface area contributed by atoms with Crippen LogP contribution in [0.25, 0.3) is 0 Å². The van der Waals surface area contributed by atoms with E-state index >= 15 is 0 Å². The van der Waals surface area contributed by atoms with Gasteiger partial charge in [0, 0.05) is 49.0 Å². The highest BCUT2D eigenvalue weighted by atomic mass is 35.5. The number of carboxylic acid groups (broad SMARTS) is 1. The van der Waals surface area contributed by atoms with Gasteiger partial charge in [-0.05, 0) is 30.2 Å². The van der Waals surface area contributed by atoms with Gasteiger partial charge in [0.05, 0.1) is 6.54 Å². The first-order valence-corrected chi connectivity index (χ1v) is 9.64. The molecule has 2 N–H and O–H groups in total. The van der Waals surface area contributed by atoms with Gasteiger partial charge in [0.1, 0.15) is 0 Å². The van der Waals surface area contributed by atoms with Crippen molar-refractivity contribution in [2.24, 2.45) is 0 Å². The number of carbonyl (C=O) groups is 1. The molecular weight excluding hydrogens is 382 g/mol. The minimum Gasteiger partial charge on any atom is -0.503 e. The van der Waals surface area contributed by atoms with Gasteiger partial charge in [-0.15, -0.1) is 0 Å². The molecule has 1 aliphatic rings. The van der Waals surface area contributed by atoms with E-state index in [1.807, 2.05) is 19.1 Å². The van der Waals surface area contributed by atoms with E-state index < -0.39 is 11.7 Å². The van der Waals surface area contributed by atoms with Crippen molar-refractivity contribution in [3.8, 4) is 5.75 Å². The van der Waals surface area contributed by atoms with Gasteiger partial charge in [-0.3, -0.25) is 9.69 Å². The van der Waals surface area contributed by atoms with Gasteiger partial charge in [0.15, 0.2) is 5.75 Å². The van der Waals surface area contributed by atoms with Crippen LogP contribution in [0, 0.1) is 0 Å². The predicted octanol–water partition coefficient (Wildman–Crippen LogP) is 2.83. The summed E-state index contributed by atoms with van der Waals surface area (Å²) in [5.41, 5.74) is 0.969. The molecule has 0 bridgehead atoms. The van der Waals surface area contributed by atoms with Crippen molar-refractivity contribution in [2.75, 3.05) is 19.6 Å². The van der Waals surface area contributed by atoms with Crippen LogP contribution in [-0.2, 0) is 13.1 Å². The fraction of sp³-hybridized carbons (Fsp3) is 0.400. The number of hydrogen-bond donors (Lipinski definition) is 2. The zero-order valence-electron chi connectivity index (χ0n) is 15.7. The van der Waals surface area contributed by atoms with Crippen molar-refractivity contribution in [1.82, 2.24) is 14.4 Å². The molecule has 1 fully saturated rings. The molecule has 0 spiro atoms. The van der Waals surface area contributed by atoms with E-state index in [1.54, 1.807) is 24.4 Å². The van der Waals surface area contributed by atoms with Gasteiger partial charge < -0.3 is 19.7 Å². The van der Waals surface area contributed by atoms with Gasteiger partial charge in [-0.2, -0.15) is 0 Å². The van der Waals surface area contributed by atoms with Gasteiger partial charge >= 0.3 is 6.09 Å². The zero-order chi connectivity index (χ0) is 20.3. The van der Waals surface area contributed by atoms with Crippen molar-refractivity contribution in [3.05, 3.63) is 63.0 Å². The summed E-state index contributed by atoms with van der Waals surface area (Å²) in [7, 11) is 0. The fourth-order valence-electron chi connectivity index (χ4n) is 3.59. The monoisotopic (exact) mass is 405 g/mol. The lowest BCUT2D eigenvalue weighted by molar-refractivity contribution is 0.0626. The van der Waals surface area contributed by atoms with Gasteiger partial charge in [0.2, 0.25) is 0 Å². The van der Waals surface area contributed by atoms with Crippen LogP contribution in [-0.4, -0.2) is 56.3 Å². The van der Waals surface area contributed by atoms with Crippen LogP contribution in [0.15, 0.2) is 41.3 Å². The number of aromatic nitrogens is 1. The summed E-state index contributed by atoms with van der Waals surface area (Å²) in [6.07, 6.45) is 1.48.